The Bertz CT molecular complexity index is 1220. The Kier molecular flexibility index (Phi) is 4.98. The monoisotopic (exact) mass is 396 g/mol. The van der Waals surface area contributed by atoms with Crippen LogP contribution in [-0.4, -0.2) is 20.2 Å². The zero-order valence-electron chi connectivity index (χ0n) is 17.0. The molecule has 30 heavy (non-hydrogen) atoms. The van der Waals surface area contributed by atoms with Crippen molar-refractivity contribution in [3.05, 3.63) is 84.2 Å². The van der Waals surface area contributed by atoms with Gasteiger partial charge in [0.05, 0.1) is 18.2 Å². The fourth-order valence-corrected chi connectivity index (χ4v) is 3.96. The van der Waals surface area contributed by atoms with Gasteiger partial charge in [0.2, 0.25) is 0 Å². The van der Waals surface area contributed by atoms with Crippen molar-refractivity contribution >= 4 is 22.3 Å². The van der Waals surface area contributed by atoms with Crippen LogP contribution in [0.1, 0.15) is 12.8 Å². The summed E-state index contributed by atoms with van der Waals surface area (Å²) in [5, 5.41) is 1.79. The Balaban J connectivity index is 1.63. The molecule has 1 aromatic heterocycles. The summed E-state index contributed by atoms with van der Waals surface area (Å²) in [4.78, 5) is 7.39. The number of rotatable bonds is 4. The van der Waals surface area contributed by atoms with E-state index in [2.05, 4.69) is 29.2 Å². The van der Waals surface area contributed by atoms with Gasteiger partial charge in [-0.3, -0.25) is 0 Å². The predicted octanol–water partition coefficient (Wildman–Crippen LogP) is 5.94. The number of ether oxygens (including phenoxy) is 1. The van der Waals surface area contributed by atoms with Crippen LogP contribution in [0.2, 0.25) is 0 Å². The van der Waals surface area contributed by atoms with Crippen molar-refractivity contribution in [1.29, 1.82) is 0 Å². The van der Waals surface area contributed by atoms with E-state index in [0.29, 0.717) is 0 Å². The van der Waals surface area contributed by atoms with Crippen LogP contribution in [-0.2, 0) is 0 Å². The fraction of sp³-hybridized carbons (Fsp3) is 0.192. The van der Waals surface area contributed by atoms with Crippen molar-refractivity contribution in [2.75, 3.05) is 25.1 Å². The fourth-order valence-electron chi connectivity index (χ4n) is 3.96. The summed E-state index contributed by atoms with van der Waals surface area (Å²) < 4.78 is 11.6. The Morgan fingerprint density at radius 2 is 1.63 bits per heavy atom. The highest BCUT2D eigenvalue weighted by atomic mass is 16.5. The van der Waals surface area contributed by atoms with Gasteiger partial charge in [0.15, 0.2) is 0 Å². The lowest BCUT2D eigenvalue weighted by Crippen LogP contribution is -2.17. The lowest BCUT2D eigenvalue weighted by molar-refractivity contribution is 0.415. The molecule has 0 amide bonds. The Hall–Kier alpha value is -3.53. The minimum absolute atomic E-state index is 0.782. The Morgan fingerprint density at radius 3 is 2.37 bits per heavy atom. The highest BCUT2D eigenvalue weighted by Crippen LogP contribution is 2.26. The lowest BCUT2D eigenvalue weighted by atomic mass is 10.1. The minimum atomic E-state index is 0.782. The van der Waals surface area contributed by atoms with Gasteiger partial charge < -0.3 is 14.1 Å². The van der Waals surface area contributed by atoms with Crippen molar-refractivity contribution in [3.8, 4) is 17.1 Å². The maximum Gasteiger partial charge on any atom is 0.137 e. The summed E-state index contributed by atoms with van der Waals surface area (Å²) >= 11 is 0. The van der Waals surface area contributed by atoms with Crippen LogP contribution in [0.5, 0.6) is 5.75 Å². The molecule has 2 heterocycles. The van der Waals surface area contributed by atoms with Gasteiger partial charge in [0, 0.05) is 35.8 Å². The first kappa shape index (κ1) is 18.5. The zero-order valence-corrected chi connectivity index (χ0v) is 17.0. The second-order valence-electron chi connectivity index (χ2n) is 7.55. The number of nitrogens with zero attached hydrogens (tertiary/aromatic N) is 2. The quantitative estimate of drug-likeness (QED) is 0.428. The summed E-state index contributed by atoms with van der Waals surface area (Å²) in [7, 11) is 1.67. The molecule has 1 saturated heterocycles. The van der Waals surface area contributed by atoms with Gasteiger partial charge in [-0.1, -0.05) is 30.3 Å². The van der Waals surface area contributed by atoms with Crippen LogP contribution in [0.3, 0.4) is 0 Å². The van der Waals surface area contributed by atoms with Crippen LogP contribution in [0.15, 0.2) is 88.3 Å². The summed E-state index contributed by atoms with van der Waals surface area (Å²) in [6.45, 7) is 2.28. The van der Waals surface area contributed by atoms with Crippen LogP contribution < -0.4 is 15.0 Å². The second kappa shape index (κ2) is 8.07. The summed E-state index contributed by atoms with van der Waals surface area (Å²) in [5.41, 5.74) is 4.00. The van der Waals surface area contributed by atoms with E-state index in [-0.39, 0.29) is 0 Å². The highest BCUT2D eigenvalue weighted by molar-refractivity contribution is 5.80. The van der Waals surface area contributed by atoms with E-state index in [1.165, 1.54) is 18.5 Å². The van der Waals surface area contributed by atoms with Gasteiger partial charge in [-0.2, -0.15) is 0 Å². The van der Waals surface area contributed by atoms with Crippen LogP contribution >= 0.6 is 0 Å². The van der Waals surface area contributed by atoms with Gasteiger partial charge in [-0.25, -0.2) is 4.99 Å². The topological polar surface area (TPSA) is 38.0 Å². The molecule has 0 atom stereocenters. The van der Waals surface area contributed by atoms with E-state index in [0.717, 1.165) is 52.2 Å². The normalized spacial score (nSPS) is 14.4. The third kappa shape index (κ3) is 3.69. The summed E-state index contributed by atoms with van der Waals surface area (Å²) in [5.74, 6) is 1.58. The zero-order chi connectivity index (χ0) is 20.3. The van der Waals surface area contributed by atoms with Gasteiger partial charge in [-0.05, 0) is 55.3 Å². The standard InChI is InChI=1S/C26H24N2O2/c1-29-22-13-14-25-23(17-22)24(18-26(30-25)19-7-3-2-4-8-19)27-20-9-11-21(12-10-20)28-15-5-6-16-28/h2-4,7-14,17-18H,5-6,15-16H2,1H3. The molecule has 4 aromatic rings. The van der Waals surface area contributed by atoms with Crippen LogP contribution in [0, 0.1) is 0 Å². The molecule has 4 nitrogen and oxygen atoms in total. The molecule has 0 saturated carbocycles. The van der Waals surface area contributed by atoms with E-state index in [9.17, 15) is 0 Å². The van der Waals surface area contributed by atoms with Crippen molar-refractivity contribution in [2.45, 2.75) is 12.8 Å². The average molecular weight is 396 g/mol. The smallest absolute Gasteiger partial charge is 0.137 e. The van der Waals surface area contributed by atoms with Crippen LogP contribution in [0.4, 0.5) is 11.4 Å². The first-order valence-electron chi connectivity index (χ1n) is 10.4. The number of fused-ring (bicyclic) bond motifs is 1. The number of hydrogen-bond donors (Lipinski definition) is 0. The molecule has 0 radical (unpaired) electrons. The summed E-state index contributed by atoms with van der Waals surface area (Å²) in [6, 6.07) is 26.5. The van der Waals surface area contributed by atoms with Crippen LogP contribution in [0.25, 0.3) is 22.3 Å². The molecule has 5 rings (SSSR count). The van der Waals surface area contributed by atoms with Crippen molar-refractivity contribution in [1.82, 2.24) is 0 Å². The number of hydrogen-bond acceptors (Lipinski definition) is 4. The van der Waals surface area contributed by atoms with E-state index >= 15 is 0 Å². The third-order valence-corrected chi connectivity index (χ3v) is 5.58. The first-order valence-corrected chi connectivity index (χ1v) is 10.4. The molecule has 4 heteroatoms. The molecule has 0 aliphatic carbocycles. The van der Waals surface area contributed by atoms with Crippen molar-refractivity contribution in [3.63, 3.8) is 0 Å². The Morgan fingerprint density at radius 1 is 0.867 bits per heavy atom. The summed E-state index contributed by atoms with van der Waals surface area (Å²) in [6.07, 6.45) is 2.55. The van der Waals surface area contributed by atoms with Gasteiger partial charge in [0.25, 0.3) is 0 Å². The third-order valence-electron chi connectivity index (χ3n) is 5.58. The minimum Gasteiger partial charge on any atom is -0.497 e. The van der Waals surface area contributed by atoms with Crippen molar-refractivity contribution in [2.24, 2.45) is 4.99 Å². The van der Waals surface area contributed by atoms with E-state index in [1.807, 2.05) is 54.6 Å². The van der Waals surface area contributed by atoms with Gasteiger partial charge in [-0.15, -0.1) is 0 Å². The van der Waals surface area contributed by atoms with E-state index < -0.39 is 0 Å². The SMILES string of the molecule is COc1ccc2oc(-c3ccccc3)cc(=Nc3ccc(N4CCCC4)cc3)c2c1. The largest absolute Gasteiger partial charge is 0.497 e. The number of benzene rings is 3. The van der Waals surface area contributed by atoms with Crippen molar-refractivity contribution < 1.29 is 9.15 Å². The molecule has 0 unspecified atom stereocenters. The number of anilines is 1. The van der Waals surface area contributed by atoms with E-state index in [4.69, 9.17) is 14.1 Å². The molecule has 0 bridgehead atoms. The highest BCUT2D eigenvalue weighted by Gasteiger charge is 2.12. The number of methoxy groups -OCH3 is 1. The van der Waals surface area contributed by atoms with Gasteiger partial charge in [0.1, 0.15) is 17.1 Å². The Labute approximate surface area is 176 Å². The molecule has 1 fully saturated rings. The van der Waals surface area contributed by atoms with E-state index in [1.54, 1.807) is 7.11 Å². The predicted molar refractivity (Wildman–Crippen MR) is 121 cm³/mol. The molecule has 1 aliphatic heterocycles. The lowest BCUT2D eigenvalue weighted by Gasteiger charge is -2.17. The molecule has 0 spiro atoms. The maximum absolute atomic E-state index is 6.19. The molecule has 3 aromatic carbocycles. The molecular formula is C26H24N2O2. The average Bonchev–Trinajstić information content (AvgIpc) is 3.35. The maximum atomic E-state index is 6.19. The second-order valence-corrected chi connectivity index (χ2v) is 7.55. The molecular weight excluding hydrogens is 372 g/mol. The molecule has 0 N–H and O–H groups in total. The van der Waals surface area contributed by atoms with Gasteiger partial charge >= 0.3 is 0 Å². The molecule has 1 aliphatic rings. The molecule has 150 valence electrons. The first-order chi connectivity index (χ1) is 14.8.